The quantitative estimate of drug-likeness (QED) is 0.234. The van der Waals surface area contributed by atoms with Crippen LogP contribution in [-0.4, -0.2) is 29.8 Å². The maximum Gasteiger partial charge on any atom is 0.257 e. The molecule has 0 aromatic heterocycles. The number of hydrogen-bond acceptors (Lipinski definition) is 6. The molecular weight excluding hydrogens is 498 g/mol. The van der Waals surface area contributed by atoms with Gasteiger partial charge >= 0.3 is 0 Å². The van der Waals surface area contributed by atoms with E-state index < -0.39 is 12.0 Å². The zero-order valence-corrected chi connectivity index (χ0v) is 22.7. The molecule has 40 heavy (non-hydrogen) atoms. The molecule has 1 aliphatic rings. The topological polar surface area (TPSA) is 89.7 Å². The van der Waals surface area contributed by atoms with E-state index in [1.165, 1.54) is 5.56 Å². The molecule has 7 nitrogen and oxygen atoms in total. The SMILES string of the molecule is CC(C)CN(Cc1ccccc1)c1ccc(-c2ccccc2C2=NN=NC2)cc1NC(=O)[C@H](O)c1ccccc1. The van der Waals surface area contributed by atoms with Gasteiger partial charge in [-0.05, 0) is 45.5 Å². The number of hydrogen-bond donors (Lipinski definition) is 2. The highest BCUT2D eigenvalue weighted by molar-refractivity contribution is 6.08. The largest absolute Gasteiger partial charge is 0.378 e. The van der Waals surface area contributed by atoms with Crippen molar-refractivity contribution >= 4 is 23.0 Å². The highest BCUT2D eigenvalue weighted by atomic mass is 16.3. The first kappa shape index (κ1) is 27.0. The molecule has 1 amide bonds. The van der Waals surface area contributed by atoms with Crippen molar-refractivity contribution in [3.63, 3.8) is 0 Å². The van der Waals surface area contributed by atoms with Crippen LogP contribution in [0, 0.1) is 5.92 Å². The maximum absolute atomic E-state index is 13.4. The summed E-state index contributed by atoms with van der Waals surface area (Å²) in [7, 11) is 0. The highest BCUT2D eigenvalue weighted by Crippen LogP contribution is 2.35. The van der Waals surface area contributed by atoms with Crippen molar-refractivity contribution < 1.29 is 9.90 Å². The van der Waals surface area contributed by atoms with Gasteiger partial charge in [0.05, 0.1) is 17.1 Å². The molecule has 0 spiro atoms. The van der Waals surface area contributed by atoms with Crippen molar-refractivity contribution in [3.8, 4) is 11.1 Å². The van der Waals surface area contributed by atoms with Crippen LogP contribution in [0.3, 0.4) is 0 Å². The summed E-state index contributed by atoms with van der Waals surface area (Å²) < 4.78 is 0. The van der Waals surface area contributed by atoms with Crippen LogP contribution in [0.1, 0.15) is 36.6 Å². The number of amides is 1. The Morgan fingerprint density at radius 3 is 2.25 bits per heavy atom. The molecule has 4 aromatic rings. The third kappa shape index (κ3) is 6.33. The number of aliphatic hydroxyl groups is 1. The minimum absolute atomic E-state index is 0.385. The van der Waals surface area contributed by atoms with E-state index in [-0.39, 0.29) is 0 Å². The minimum atomic E-state index is -1.30. The number of anilines is 2. The second-order valence-electron chi connectivity index (χ2n) is 10.3. The Labute approximate surface area is 234 Å². The van der Waals surface area contributed by atoms with Crippen molar-refractivity contribution in [1.29, 1.82) is 0 Å². The Kier molecular flexibility index (Phi) is 8.42. The second kappa shape index (κ2) is 12.5. The molecule has 1 atom stereocenters. The molecule has 0 aliphatic carbocycles. The van der Waals surface area contributed by atoms with E-state index in [9.17, 15) is 9.90 Å². The van der Waals surface area contributed by atoms with Gasteiger partial charge in [0, 0.05) is 18.7 Å². The molecule has 4 aromatic carbocycles. The Balaban J connectivity index is 1.57. The average molecular weight is 532 g/mol. The van der Waals surface area contributed by atoms with Gasteiger partial charge in [0.1, 0.15) is 6.54 Å². The molecule has 0 unspecified atom stereocenters. The third-order valence-electron chi connectivity index (χ3n) is 6.76. The summed E-state index contributed by atoms with van der Waals surface area (Å²) in [5, 5.41) is 26.0. The van der Waals surface area contributed by atoms with Gasteiger partial charge in [-0.1, -0.05) is 105 Å². The number of nitrogens with one attached hydrogen (secondary N) is 1. The van der Waals surface area contributed by atoms with E-state index in [0.717, 1.165) is 34.6 Å². The monoisotopic (exact) mass is 531 g/mol. The fraction of sp³-hybridized carbons (Fsp3) is 0.212. The Morgan fingerprint density at radius 2 is 1.57 bits per heavy atom. The van der Waals surface area contributed by atoms with E-state index in [1.54, 1.807) is 12.1 Å². The standard InChI is InChI=1S/C33H33N5O2/c1-23(2)21-38(22-24-11-5-3-6-12-24)31-18-17-26(27-15-9-10-16-28(27)30-20-34-37-36-30)19-29(31)35-33(40)32(39)25-13-7-4-8-14-25/h3-19,23,32,39H,20-22H2,1-2H3,(H,35,40)/t32-/m1/s1. The van der Waals surface area contributed by atoms with Crippen LogP contribution in [0.5, 0.6) is 0 Å². The molecule has 202 valence electrons. The first-order chi connectivity index (χ1) is 19.5. The van der Waals surface area contributed by atoms with Crippen molar-refractivity contribution in [3.05, 3.63) is 120 Å². The third-order valence-corrected chi connectivity index (χ3v) is 6.76. The lowest BCUT2D eigenvalue weighted by Crippen LogP contribution is -2.29. The van der Waals surface area contributed by atoms with Gasteiger partial charge < -0.3 is 15.3 Å². The van der Waals surface area contributed by atoms with Gasteiger partial charge in [0.25, 0.3) is 5.91 Å². The number of benzene rings is 4. The summed E-state index contributed by atoms with van der Waals surface area (Å²) in [6.07, 6.45) is -1.30. The van der Waals surface area contributed by atoms with Crippen molar-refractivity contribution in [2.45, 2.75) is 26.5 Å². The van der Waals surface area contributed by atoms with Crippen molar-refractivity contribution in [1.82, 2.24) is 0 Å². The number of rotatable bonds is 10. The molecule has 1 heterocycles. The Bertz CT molecular complexity index is 1520. The molecule has 0 saturated heterocycles. The number of aliphatic hydroxyl groups excluding tert-OH is 1. The van der Waals surface area contributed by atoms with Gasteiger partial charge in [0.2, 0.25) is 0 Å². The number of carbonyl (C=O) groups excluding carboxylic acids is 1. The maximum atomic E-state index is 13.4. The van der Waals surface area contributed by atoms with Crippen molar-refractivity contribution in [2.75, 3.05) is 23.3 Å². The molecule has 5 rings (SSSR count). The molecule has 0 saturated carbocycles. The highest BCUT2D eigenvalue weighted by Gasteiger charge is 2.22. The lowest BCUT2D eigenvalue weighted by molar-refractivity contribution is -0.124. The fourth-order valence-corrected chi connectivity index (χ4v) is 4.90. The molecular formula is C33H33N5O2. The first-order valence-electron chi connectivity index (χ1n) is 13.5. The second-order valence-corrected chi connectivity index (χ2v) is 10.3. The summed E-state index contributed by atoms with van der Waals surface area (Å²) >= 11 is 0. The summed E-state index contributed by atoms with van der Waals surface area (Å²) in [6.45, 7) is 6.26. The predicted octanol–water partition coefficient (Wildman–Crippen LogP) is 6.86. The van der Waals surface area contributed by atoms with Gasteiger partial charge in [-0.25, -0.2) is 0 Å². The summed E-state index contributed by atoms with van der Waals surface area (Å²) in [4.78, 5) is 15.6. The van der Waals surface area contributed by atoms with Crippen LogP contribution >= 0.6 is 0 Å². The molecule has 1 aliphatic heterocycles. The Morgan fingerprint density at radius 1 is 0.900 bits per heavy atom. The van der Waals surface area contributed by atoms with Crippen LogP contribution < -0.4 is 10.2 Å². The van der Waals surface area contributed by atoms with Gasteiger partial charge in [0.15, 0.2) is 6.10 Å². The van der Waals surface area contributed by atoms with Gasteiger partial charge in [-0.3, -0.25) is 4.79 Å². The van der Waals surface area contributed by atoms with Crippen LogP contribution in [0.15, 0.2) is 119 Å². The normalized spacial score (nSPS) is 13.2. The smallest absolute Gasteiger partial charge is 0.257 e. The van der Waals surface area contributed by atoms with Crippen LogP contribution in [-0.2, 0) is 11.3 Å². The lowest BCUT2D eigenvalue weighted by Gasteiger charge is -2.30. The van der Waals surface area contributed by atoms with E-state index in [0.29, 0.717) is 30.3 Å². The Hall–Kier alpha value is -4.62. The zero-order chi connectivity index (χ0) is 27.9. The summed E-state index contributed by atoms with van der Waals surface area (Å²) in [5.74, 6) is -0.102. The summed E-state index contributed by atoms with van der Waals surface area (Å²) in [6, 6.07) is 33.3. The fourth-order valence-electron chi connectivity index (χ4n) is 4.90. The van der Waals surface area contributed by atoms with Crippen molar-refractivity contribution in [2.24, 2.45) is 21.4 Å². The first-order valence-corrected chi connectivity index (χ1v) is 13.5. The van der Waals surface area contributed by atoms with Gasteiger partial charge in [-0.15, -0.1) is 5.10 Å². The lowest BCUT2D eigenvalue weighted by atomic mass is 9.95. The van der Waals surface area contributed by atoms with E-state index in [4.69, 9.17) is 0 Å². The average Bonchev–Trinajstić information content (AvgIpc) is 3.52. The molecule has 0 bridgehead atoms. The van der Waals surface area contributed by atoms with E-state index >= 15 is 0 Å². The molecule has 2 N–H and O–H groups in total. The summed E-state index contributed by atoms with van der Waals surface area (Å²) in [5.41, 5.74) is 6.87. The van der Waals surface area contributed by atoms with E-state index in [2.05, 4.69) is 57.7 Å². The van der Waals surface area contributed by atoms with Gasteiger partial charge in [-0.2, -0.15) is 5.11 Å². The molecule has 7 heteroatoms. The number of nitrogens with zero attached hydrogens (tertiary/aromatic N) is 4. The molecule has 0 fully saturated rings. The minimum Gasteiger partial charge on any atom is -0.378 e. The van der Waals surface area contributed by atoms with Crippen LogP contribution in [0.25, 0.3) is 11.1 Å². The molecule has 0 radical (unpaired) electrons. The van der Waals surface area contributed by atoms with Crippen LogP contribution in [0.4, 0.5) is 11.4 Å². The number of carbonyl (C=O) groups is 1. The van der Waals surface area contributed by atoms with Crippen LogP contribution in [0.2, 0.25) is 0 Å². The zero-order valence-electron chi connectivity index (χ0n) is 22.7. The predicted molar refractivity (Wildman–Crippen MR) is 160 cm³/mol. The van der Waals surface area contributed by atoms with E-state index in [1.807, 2.05) is 72.8 Å².